The monoisotopic (exact) mass is 349 g/mol. The van der Waals surface area contributed by atoms with Crippen molar-refractivity contribution in [2.75, 3.05) is 27.1 Å². The molecule has 1 amide bonds. The van der Waals surface area contributed by atoms with Crippen LogP contribution < -0.4 is 5.73 Å². The Hall–Kier alpha value is -2.54. The summed E-state index contributed by atoms with van der Waals surface area (Å²) in [5.41, 5.74) is 8.16. The van der Waals surface area contributed by atoms with E-state index in [1.54, 1.807) is 12.5 Å². The first-order valence-corrected chi connectivity index (χ1v) is 7.78. The van der Waals surface area contributed by atoms with Crippen LogP contribution in [-0.4, -0.2) is 54.5 Å². The molecule has 0 aliphatic rings. The fourth-order valence-corrected chi connectivity index (χ4v) is 2.43. The fourth-order valence-electron chi connectivity index (χ4n) is 2.30. The Morgan fingerprint density at radius 1 is 1.46 bits per heavy atom. The van der Waals surface area contributed by atoms with Gasteiger partial charge in [-0.3, -0.25) is 4.79 Å². The van der Waals surface area contributed by atoms with Gasteiger partial charge in [0, 0.05) is 31.2 Å². The van der Waals surface area contributed by atoms with Gasteiger partial charge >= 0.3 is 0 Å². The Balaban J connectivity index is 2.51. The Morgan fingerprint density at radius 3 is 2.79 bits per heavy atom. The van der Waals surface area contributed by atoms with Crippen LogP contribution in [0.25, 0.3) is 10.9 Å². The molecule has 24 heavy (non-hydrogen) atoms. The minimum atomic E-state index is -0.497. The minimum absolute atomic E-state index is 0.227. The van der Waals surface area contributed by atoms with E-state index >= 15 is 0 Å². The second kappa shape index (κ2) is 7.83. The summed E-state index contributed by atoms with van der Waals surface area (Å²) in [7, 11) is 5.23. The van der Waals surface area contributed by atoms with Crippen molar-refractivity contribution in [2.45, 2.75) is 6.54 Å². The third-order valence-corrected chi connectivity index (χ3v) is 3.60. The zero-order valence-electron chi connectivity index (χ0n) is 13.9. The van der Waals surface area contributed by atoms with Gasteiger partial charge < -0.3 is 20.0 Å². The van der Waals surface area contributed by atoms with Crippen LogP contribution >= 0.6 is 11.6 Å². The largest absolute Gasteiger partial charge is 0.399 e. The van der Waals surface area contributed by atoms with Crippen LogP contribution in [0.15, 0.2) is 34.5 Å². The highest BCUT2D eigenvalue weighted by atomic mass is 35.5. The molecule has 0 saturated heterocycles. The molecule has 0 radical (unpaired) electrons. The quantitative estimate of drug-likeness (QED) is 0.360. The highest BCUT2D eigenvalue weighted by Crippen LogP contribution is 2.26. The topological polar surface area (TPSA) is 85.2 Å². The number of carbonyl (C=O) groups is 1. The molecule has 2 aromatic rings. The predicted molar refractivity (Wildman–Crippen MR) is 97.5 cm³/mol. The Kier molecular flexibility index (Phi) is 5.81. The molecule has 128 valence electrons. The lowest BCUT2D eigenvalue weighted by molar-refractivity contribution is 0.100. The maximum absolute atomic E-state index is 11.8. The third kappa shape index (κ3) is 4.05. The van der Waals surface area contributed by atoms with E-state index in [4.69, 9.17) is 22.2 Å². The average molecular weight is 350 g/mol. The van der Waals surface area contributed by atoms with Crippen LogP contribution in [0, 0.1) is 0 Å². The lowest BCUT2D eigenvalue weighted by Crippen LogP contribution is -2.12. The van der Waals surface area contributed by atoms with E-state index in [-0.39, 0.29) is 5.88 Å². The van der Waals surface area contributed by atoms with Gasteiger partial charge in [0.25, 0.3) is 5.91 Å². The third-order valence-electron chi connectivity index (χ3n) is 3.30. The number of nitrogens with zero attached hydrogens (tertiary/aromatic N) is 4. The van der Waals surface area contributed by atoms with Crippen LogP contribution in [0.5, 0.6) is 0 Å². The molecular formula is C16H20ClN5O2. The molecule has 0 atom stereocenters. The molecule has 0 aliphatic heterocycles. The Morgan fingerprint density at radius 2 is 2.21 bits per heavy atom. The van der Waals surface area contributed by atoms with E-state index in [1.807, 2.05) is 41.8 Å². The number of primary amides is 1. The van der Waals surface area contributed by atoms with E-state index in [2.05, 4.69) is 10.1 Å². The van der Waals surface area contributed by atoms with Gasteiger partial charge in [-0.1, -0.05) is 5.16 Å². The van der Waals surface area contributed by atoms with E-state index < -0.39 is 5.91 Å². The number of halogens is 1. The molecule has 1 aromatic heterocycles. The maximum Gasteiger partial charge on any atom is 0.250 e. The molecule has 0 saturated carbocycles. The SMILES string of the molecule is CO/N=C(\CCl)Cn1cc(C(N)=O)c2cc(N=CN(C)C)ccc21. The summed E-state index contributed by atoms with van der Waals surface area (Å²) in [6, 6.07) is 5.60. The number of oxime groups is 1. The molecule has 7 nitrogen and oxygen atoms in total. The number of benzene rings is 1. The maximum atomic E-state index is 11.8. The molecule has 1 heterocycles. The van der Waals surface area contributed by atoms with Gasteiger partial charge in [0.2, 0.25) is 0 Å². The van der Waals surface area contributed by atoms with Crippen molar-refractivity contribution in [1.29, 1.82) is 0 Å². The number of carbonyl (C=O) groups excluding carboxylic acids is 1. The van der Waals surface area contributed by atoms with Crippen LogP contribution in [0.4, 0.5) is 5.69 Å². The van der Waals surface area contributed by atoms with Crippen molar-refractivity contribution in [1.82, 2.24) is 9.47 Å². The van der Waals surface area contributed by atoms with Gasteiger partial charge in [0.1, 0.15) is 7.11 Å². The molecular weight excluding hydrogens is 330 g/mol. The minimum Gasteiger partial charge on any atom is -0.399 e. The number of fused-ring (bicyclic) bond motifs is 1. The first kappa shape index (κ1) is 17.8. The van der Waals surface area contributed by atoms with Gasteiger partial charge in [-0.2, -0.15) is 0 Å². The van der Waals surface area contributed by atoms with Crippen molar-refractivity contribution < 1.29 is 9.63 Å². The van der Waals surface area contributed by atoms with Gasteiger partial charge in [-0.05, 0) is 18.2 Å². The number of amides is 1. The second-order valence-corrected chi connectivity index (χ2v) is 5.69. The van der Waals surface area contributed by atoms with E-state index in [0.717, 1.165) is 16.6 Å². The van der Waals surface area contributed by atoms with Gasteiger partial charge in [-0.15, -0.1) is 11.6 Å². The number of nitrogens with two attached hydrogens (primary N) is 1. The van der Waals surface area contributed by atoms with E-state index in [1.165, 1.54) is 7.11 Å². The molecule has 0 unspecified atom stereocenters. The number of hydrogen-bond acceptors (Lipinski definition) is 4. The van der Waals surface area contributed by atoms with Crippen molar-refractivity contribution in [2.24, 2.45) is 15.9 Å². The normalized spacial score (nSPS) is 12.1. The predicted octanol–water partition coefficient (Wildman–Crippen LogP) is 2.20. The molecule has 0 aliphatic carbocycles. The number of hydrogen-bond donors (Lipinski definition) is 1. The first-order valence-electron chi connectivity index (χ1n) is 7.24. The molecule has 0 bridgehead atoms. The highest BCUT2D eigenvalue weighted by Gasteiger charge is 2.14. The average Bonchev–Trinajstić information content (AvgIpc) is 2.90. The summed E-state index contributed by atoms with van der Waals surface area (Å²) < 4.78 is 1.87. The fraction of sp³-hybridized carbons (Fsp3) is 0.312. The summed E-state index contributed by atoms with van der Waals surface area (Å²) in [5, 5.41) is 4.62. The smallest absolute Gasteiger partial charge is 0.250 e. The summed E-state index contributed by atoms with van der Waals surface area (Å²) in [5.74, 6) is -0.270. The number of aromatic nitrogens is 1. The summed E-state index contributed by atoms with van der Waals surface area (Å²) in [6.07, 6.45) is 3.39. The lowest BCUT2D eigenvalue weighted by atomic mass is 10.1. The Labute approximate surface area is 145 Å². The van der Waals surface area contributed by atoms with Crippen LogP contribution in [0.1, 0.15) is 10.4 Å². The van der Waals surface area contributed by atoms with E-state index in [9.17, 15) is 4.79 Å². The van der Waals surface area contributed by atoms with Crippen LogP contribution in [-0.2, 0) is 11.4 Å². The molecule has 2 rings (SSSR count). The number of rotatable bonds is 7. The Bertz CT molecular complexity index is 795. The summed E-state index contributed by atoms with van der Waals surface area (Å²) in [4.78, 5) is 22.7. The van der Waals surface area contributed by atoms with E-state index in [0.29, 0.717) is 17.8 Å². The summed E-state index contributed by atoms with van der Waals surface area (Å²) >= 11 is 5.87. The standard InChI is InChI=1S/C16H20ClN5O2/c1-21(2)10-19-11-4-5-15-13(6-11)14(16(18)23)9-22(15)8-12(7-17)20-24-3/h4-6,9-10H,7-8H2,1-3H3,(H2,18,23)/b19-10?,20-12+. The van der Waals surface area contributed by atoms with Crippen LogP contribution in [0.2, 0.25) is 0 Å². The van der Waals surface area contributed by atoms with Gasteiger partial charge in [-0.25, -0.2) is 4.99 Å². The second-order valence-electron chi connectivity index (χ2n) is 5.42. The molecule has 2 N–H and O–H groups in total. The van der Waals surface area contributed by atoms with Crippen molar-refractivity contribution in [3.05, 3.63) is 30.0 Å². The molecule has 0 fully saturated rings. The number of aliphatic imine (C=N–C) groups is 1. The van der Waals surface area contributed by atoms with Crippen molar-refractivity contribution >= 4 is 46.1 Å². The zero-order chi connectivity index (χ0) is 17.7. The van der Waals surface area contributed by atoms with Gasteiger partial charge in [0.05, 0.1) is 35.7 Å². The molecule has 0 spiro atoms. The molecule has 1 aromatic carbocycles. The van der Waals surface area contributed by atoms with Crippen LogP contribution in [0.3, 0.4) is 0 Å². The summed E-state index contributed by atoms with van der Waals surface area (Å²) in [6.45, 7) is 0.404. The first-order chi connectivity index (χ1) is 11.5. The van der Waals surface area contributed by atoms with Crippen molar-refractivity contribution in [3.8, 4) is 0 Å². The lowest BCUT2D eigenvalue weighted by Gasteiger charge is -2.06. The highest BCUT2D eigenvalue weighted by molar-refractivity contribution is 6.28. The van der Waals surface area contributed by atoms with Gasteiger partial charge in [0.15, 0.2) is 0 Å². The van der Waals surface area contributed by atoms with Crippen molar-refractivity contribution in [3.63, 3.8) is 0 Å². The molecule has 8 heteroatoms. The zero-order valence-corrected chi connectivity index (χ0v) is 14.6. The number of alkyl halides is 1.